The maximum atomic E-state index is 13.8. The zero-order chi connectivity index (χ0) is 19.7. The van der Waals surface area contributed by atoms with E-state index in [4.69, 9.17) is 9.47 Å². The third kappa shape index (κ3) is 7.32. The van der Waals surface area contributed by atoms with E-state index in [-0.39, 0.29) is 5.75 Å². The van der Waals surface area contributed by atoms with Crippen LogP contribution in [0, 0.1) is 5.82 Å². The lowest BCUT2D eigenvalue weighted by molar-refractivity contribution is -0.0201. The van der Waals surface area contributed by atoms with E-state index in [0.29, 0.717) is 45.4 Å². The molecule has 1 heterocycles. The zero-order valence-corrected chi connectivity index (χ0v) is 16.4. The van der Waals surface area contributed by atoms with E-state index >= 15 is 0 Å². The number of nitrogens with one attached hydrogen (secondary N) is 2. The maximum Gasteiger partial charge on any atom is 0.191 e. The molecule has 152 valence electrons. The van der Waals surface area contributed by atoms with Crippen molar-refractivity contribution < 1.29 is 19.0 Å². The second-order valence-corrected chi connectivity index (χ2v) is 6.90. The van der Waals surface area contributed by atoms with Crippen molar-refractivity contribution in [3.05, 3.63) is 29.6 Å². The van der Waals surface area contributed by atoms with Gasteiger partial charge in [0, 0.05) is 32.7 Å². The van der Waals surface area contributed by atoms with E-state index in [1.54, 1.807) is 19.1 Å². The molecule has 1 saturated heterocycles. The summed E-state index contributed by atoms with van der Waals surface area (Å²) in [6.07, 6.45) is 0. The molecule has 0 aromatic heterocycles. The molecular formula is C19H31FN4O3. The molecule has 0 bridgehead atoms. The molecule has 1 aromatic rings. The molecule has 0 saturated carbocycles. The lowest BCUT2D eigenvalue weighted by Crippen LogP contribution is -2.52. The average Bonchev–Trinajstić information content (AvgIpc) is 2.64. The smallest absolute Gasteiger partial charge is 0.191 e. The second kappa shape index (κ2) is 10.4. The summed E-state index contributed by atoms with van der Waals surface area (Å²) in [4.78, 5) is 6.66. The largest absolute Gasteiger partial charge is 0.494 e. The predicted molar refractivity (Wildman–Crippen MR) is 104 cm³/mol. The Morgan fingerprint density at radius 1 is 1.37 bits per heavy atom. The molecule has 0 radical (unpaired) electrons. The fourth-order valence-corrected chi connectivity index (χ4v) is 2.89. The quantitative estimate of drug-likeness (QED) is 0.459. The first kappa shape index (κ1) is 21.4. The van der Waals surface area contributed by atoms with E-state index in [1.807, 2.05) is 6.92 Å². The third-order valence-electron chi connectivity index (χ3n) is 4.28. The van der Waals surface area contributed by atoms with Crippen LogP contribution in [0.1, 0.15) is 19.4 Å². The molecular weight excluding hydrogens is 351 g/mol. The minimum atomic E-state index is -0.903. The SMILES string of the molecule is CCNC(=NCc1ccc(OC)c(F)c1)NCC(C)(O)CN1CCOCC1. The molecule has 0 spiro atoms. The van der Waals surface area contributed by atoms with Crippen molar-refractivity contribution in [1.29, 1.82) is 0 Å². The Balaban J connectivity index is 1.91. The number of guanidine groups is 1. The summed E-state index contributed by atoms with van der Waals surface area (Å²) in [5, 5.41) is 17.0. The fraction of sp³-hybridized carbons (Fsp3) is 0.632. The standard InChI is InChI=1S/C19H31FN4O3/c1-4-21-18(22-12-15-5-6-17(26-3)16(20)11-15)23-13-19(2,25)14-24-7-9-27-10-8-24/h5-6,11,25H,4,7-10,12-14H2,1-3H3,(H2,21,22,23). The van der Waals surface area contributed by atoms with Gasteiger partial charge in [0.05, 0.1) is 32.5 Å². The number of aliphatic imine (C=N–C) groups is 1. The summed E-state index contributed by atoms with van der Waals surface area (Å²) >= 11 is 0. The minimum Gasteiger partial charge on any atom is -0.494 e. The first-order valence-electron chi connectivity index (χ1n) is 9.30. The Labute approximate surface area is 160 Å². The number of ether oxygens (including phenoxy) is 2. The van der Waals surface area contributed by atoms with Crippen molar-refractivity contribution in [3.8, 4) is 5.75 Å². The fourth-order valence-electron chi connectivity index (χ4n) is 2.89. The Kier molecular flexibility index (Phi) is 8.27. The number of benzene rings is 1. The predicted octanol–water partition coefficient (Wildman–Crippen LogP) is 0.973. The zero-order valence-electron chi connectivity index (χ0n) is 16.4. The molecule has 1 aromatic carbocycles. The lowest BCUT2D eigenvalue weighted by atomic mass is 10.1. The maximum absolute atomic E-state index is 13.8. The molecule has 7 nitrogen and oxygen atoms in total. The summed E-state index contributed by atoms with van der Waals surface area (Å²) < 4.78 is 24.1. The number of hydrogen-bond acceptors (Lipinski definition) is 5. The Hall–Kier alpha value is -1.90. The van der Waals surface area contributed by atoms with Crippen LogP contribution >= 0.6 is 0 Å². The third-order valence-corrected chi connectivity index (χ3v) is 4.28. The van der Waals surface area contributed by atoms with Gasteiger partial charge in [-0.25, -0.2) is 9.38 Å². The summed E-state index contributed by atoms with van der Waals surface area (Å²) in [6.45, 7) is 8.75. The minimum absolute atomic E-state index is 0.215. The van der Waals surface area contributed by atoms with Gasteiger partial charge in [-0.2, -0.15) is 0 Å². The molecule has 1 atom stereocenters. The molecule has 3 N–H and O–H groups in total. The van der Waals surface area contributed by atoms with Crippen LogP contribution in [0.25, 0.3) is 0 Å². The van der Waals surface area contributed by atoms with Gasteiger partial charge in [-0.3, -0.25) is 4.90 Å². The number of β-amino-alcohol motifs (C(OH)–C–C–N with tert-alkyl or cyclic N) is 1. The lowest BCUT2D eigenvalue weighted by Gasteiger charge is -2.34. The summed E-state index contributed by atoms with van der Waals surface area (Å²) in [5.74, 6) is 0.388. The monoisotopic (exact) mass is 382 g/mol. The Morgan fingerprint density at radius 2 is 2.11 bits per heavy atom. The first-order valence-corrected chi connectivity index (χ1v) is 9.30. The van der Waals surface area contributed by atoms with Gasteiger partial charge in [-0.1, -0.05) is 6.07 Å². The van der Waals surface area contributed by atoms with Gasteiger partial charge in [0.15, 0.2) is 17.5 Å². The van der Waals surface area contributed by atoms with Crippen molar-refractivity contribution in [2.45, 2.75) is 26.0 Å². The highest BCUT2D eigenvalue weighted by Gasteiger charge is 2.25. The van der Waals surface area contributed by atoms with Crippen LogP contribution in [0.4, 0.5) is 4.39 Å². The summed E-state index contributed by atoms with van der Waals surface area (Å²) in [6, 6.07) is 4.79. The molecule has 27 heavy (non-hydrogen) atoms. The van der Waals surface area contributed by atoms with Crippen molar-refractivity contribution in [3.63, 3.8) is 0 Å². The first-order chi connectivity index (χ1) is 12.9. The van der Waals surface area contributed by atoms with Gasteiger partial charge < -0.3 is 25.2 Å². The topological polar surface area (TPSA) is 78.4 Å². The van der Waals surface area contributed by atoms with Gasteiger partial charge in [0.2, 0.25) is 0 Å². The average molecular weight is 382 g/mol. The normalized spacial score (nSPS) is 18.0. The van der Waals surface area contributed by atoms with Crippen LogP contribution in [-0.2, 0) is 11.3 Å². The number of halogens is 1. The van der Waals surface area contributed by atoms with Crippen LogP contribution in [0.15, 0.2) is 23.2 Å². The number of methoxy groups -OCH3 is 1. The van der Waals surface area contributed by atoms with Crippen molar-refractivity contribution in [1.82, 2.24) is 15.5 Å². The van der Waals surface area contributed by atoms with E-state index in [1.165, 1.54) is 13.2 Å². The molecule has 2 rings (SSSR count). The van der Waals surface area contributed by atoms with Crippen molar-refractivity contribution >= 4 is 5.96 Å². The van der Waals surface area contributed by atoms with Crippen LogP contribution in [0.3, 0.4) is 0 Å². The van der Waals surface area contributed by atoms with Crippen LogP contribution in [-0.4, -0.2) is 74.6 Å². The molecule has 1 aliphatic rings. The number of rotatable bonds is 8. The van der Waals surface area contributed by atoms with E-state index < -0.39 is 11.4 Å². The molecule has 0 amide bonds. The second-order valence-electron chi connectivity index (χ2n) is 6.90. The van der Waals surface area contributed by atoms with Gasteiger partial charge in [-0.05, 0) is 31.5 Å². The molecule has 0 aliphatic carbocycles. The van der Waals surface area contributed by atoms with Crippen LogP contribution in [0.5, 0.6) is 5.75 Å². The van der Waals surface area contributed by atoms with Gasteiger partial charge in [-0.15, -0.1) is 0 Å². The summed E-state index contributed by atoms with van der Waals surface area (Å²) in [7, 11) is 1.44. The van der Waals surface area contributed by atoms with Gasteiger partial charge in [0.1, 0.15) is 0 Å². The van der Waals surface area contributed by atoms with Crippen LogP contribution < -0.4 is 15.4 Å². The van der Waals surface area contributed by atoms with Crippen LogP contribution in [0.2, 0.25) is 0 Å². The number of hydrogen-bond donors (Lipinski definition) is 3. The van der Waals surface area contributed by atoms with Gasteiger partial charge in [0.25, 0.3) is 0 Å². The van der Waals surface area contributed by atoms with Crippen molar-refractivity contribution in [2.24, 2.45) is 4.99 Å². The van der Waals surface area contributed by atoms with Crippen molar-refractivity contribution in [2.75, 3.05) is 53.0 Å². The highest BCUT2D eigenvalue weighted by Crippen LogP contribution is 2.18. The Bertz CT molecular complexity index is 619. The number of aliphatic hydroxyl groups is 1. The molecule has 1 unspecified atom stereocenters. The molecule has 1 fully saturated rings. The van der Waals surface area contributed by atoms with Gasteiger partial charge >= 0.3 is 0 Å². The number of morpholine rings is 1. The Morgan fingerprint density at radius 3 is 2.74 bits per heavy atom. The van der Waals surface area contributed by atoms with E-state index in [9.17, 15) is 9.50 Å². The molecule has 1 aliphatic heterocycles. The highest BCUT2D eigenvalue weighted by molar-refractivity contribution is 5.79. The summed E-state index contributed by atoms with van der Waals surface area (Å²) in [5.41, 5.74) is -0.162. The number of nitrogens with zero attached hydrogens (tertiary/aromatic N) is 2. The molecule has 8 heteroatoms. The highest BCUT2D eigenvalue weighted by atomic mass is 19.1. The van der Waals surface area contributed by atoms with E-state index in [2.05, 4.69) is 20.5 Å². The van der Waals surface area contributed by atoms with E-state index in [0.717, 1.165) is 18.7 Å².